The highest BCUT2D eigenvalue weighted by Crippen LogP contribution is 2.32. The number of imide groups is 1. The maximum atomic E-state index is 13.2. The molecule has 1 atom stereocenters. The van der Waals surface area contributed by atoms with Gasteiger partial charge in [0, 0.05) is 16.5 Å². The Hall–Kier alpha value is -3.63. The summed E-state index contributed by atoms with van der Waals surface area (Å²) in [6.45, 7) is 3.43. The van der Waals surface area contributed by atoms with Crippen LogP contribution in [0.1, 0.15) is 36.1 Å². The number of nitriles is 1. The number of hydrogen-bond donors (Lipinski definition) is 1. The van der Waals surface area contributed by atoms with Crippen molar-refractivity contribution in [2.24, 2.45) is 0 Å². The number of rotatable bonds is 4. The van der Waals surface area contributed by atoms with E-state index in [1.165, 1.54) is 6.07 Å². The van der Waals surface area contributed by atoms with E-state index in [0.717, 1.165) is 10.5 Å². The molecule has 8 heteroatoms. The molecule has 0 bridgehead atoms. The Labute approximate surface area is 182 Å². The lowest BCUT2D eigenvalue weighted by atomic mass is 9.91. The highest BCUT2D eigenvalue weighted by atomic mass is 35.5. The normalized spacial score (nSPS) is 18.3. The number of urea groups is 1. The SMILES string of the molecule is CCc1cc2oc(=O)cc(CN3C(=O)N[C@](C)(c4ccc(C#N)cc4)C3=O)c2cc1Cl. The Balaban J connectivity index is 1.73. The van der Waals surface area contributed by atoms with Crippen molar-refractivity contribution in [2.75, 3.05) is 0 Å². The molecule has 1 aromatic heterocycles. The molecule has 156 valence electrons. The number of carbonyl (C=O) groups excluding carboxylic acids is 2. The summed E-state index contributed by atoms with van der Waals surface area (Å²) in [5.41, 5.74) is 0.792. The number of nitrogens with one attached hydrogen (secondary N) is 1. The first-order valence-electron chi connectivity index (χ1n) is 9.66. The highest BCUT2D eigenvalue weighted by Gasteiger charge is 2.49. The zero-order valence-electron chi connectivity index (χ0n) is 16.9. The molecular weight excluding hydrogens is 418 g/mol. The van der Waals surface area contributed by atoms with Crippen molar-refractivity contribution in [1.82, 2.24) is 10.2 Å². The second kappa shape index (κ2) is 7.56. The second-order valence-corrected chi connectivity index (χ2v) is 7.93. The fourth-order valence-corrected chi connectivity index (χ4v) is 4.07. The summed E-state index contributed by atoms with van der Waals surface area (Å²) in [7, 11) is 0. The summed E-state index contributed by atoms with van der Waals surface area (Å²) < 4.78 is 5.31. The van der Waals surface area contributed by atoms with Gasteiger partial charge in [-0.15, -0.1) is 0 Å². The van der Waals surface area contributed by atoms with Crippen LogP contribution in [0.25, 0.3) is 11.0 Å². The lowest BCUT2D eigenvalue weighted by Gasteiger charge is -2.22. The molecule has 1 saturated heterocycles. The summed E-state index contributed by atoms with van der Waals surface area (Å²) in [6.07, 6.45) is 0.665. The molecule has 1 fully saturated rings. The van der Waals surface area contributed by atoms with Gasteiger partial charge in [-0.25, -0.2) is 9.59 Å². The highest BCUT2D eigenvalue weighted by molar-refractivity contribution is 6.32. The van der Waals surface area contributed by atoms with Crippen molar-refractivity contribution >= 4 is 34.5 Å². The average Bonchev–Trinajstić information content (AvgIpc) is 2.97. The number of nitrogens with zero attached hydrogens (tertiary/aromatic N) is 2. The summed E-state index contributed by atoms with van der Waals surface area (Å²) in [5, 5.41) is 12.8. The Morgan fingerprint density at radius 2 is 1.84 bits per heavy atom. The molecule has 1 aliphatic rings. The number of amides is 3. The van der Waals surface area contributed by atoms with Gasteiger partial charge in [-0.1, -0.05) is 30.7 Å². The third-order valence-electron chi connectivity index (χ3n) is 5.57. The average molecular weight is 436 g/mol. The van der Waals surface area contributed by atoms with Gasteiger partial charge in [-0.3, -0.25) is 9.69 Å². The molecule has 0 unspecified atom stereocenters. The lowest BCUT2D eigenvalue weighted by molar-refractivity contribution is -0.131. The van der Waals surface area contributed by atoms with Crippen molar-refractivity contribution in [2.45, 2.75) is 32.4 Å². The first-order valence-corrected chi connectivity index (χ1v) is 10.0. The third kappa shape index (κ3) is 3.45. The minimum Gasteiger partial charge on any atom is -0.423 e. The topological polar surface area (TPSA) is 103 Å². The number of hydrogen-bond acceptors (Lipinski definition) is 5. The zero-order valence-corrected chi connectivity index (χ0v) is 17.6. The summed E-state index contributed by atoms with van der Waals surface area (Å²) in [4.78, 5) is 39.1. The van der Waals surface area contributed by atoms with Crippen molar-refractivity contribution < 1.29 is 14.0 Å². The summed E-state index contributed by atoms with van der Waals surface area (Å²) in [6, 6.07) is 12.6. The van der Waals surface area contributed by atoms with Gasteiger partial charge < -0.3 is 9.73 Å². The van der Waals surface area contributed by atoms with Crippen LogP contribution in [0.3, 0.4) is 0 Å². The molecule has 4 rings (SSSR count). The third-order valence-corrected chi connectivity index (χ3v) is 5.92. The first kappa shape index (κ1) is 20.6. The van der Waals surface area contributed by atoms with E-state index < -0.39 is 23.1 Å². The predicted octanol–water partition coefficient (Wildman–Crippen LogP) is 3.85. The molecule has 2 aromatic carbocycles. The van der Waals surface area contributed by atoms with E-state index in [4.69, 9.17) is 21.3 Å². The van der Waals surface area contributed by atoms with Crippen LogP contribution >= 0.6 is 11.6 Å². The van der Waals surface area contributed by atoms with Crippen LogP contribution in [0.15, 0.2) is 51.7 Å². The number of halogens is 1. The van der Waals surface area contributed by atoms with Crippen LogP contribution in [0, 0.1) is 11.3 Å². The van der Waals surface area contributed by atoms with Crippen LogP contribution in [0.2, 0.25) is 5.02 Å². The molecule has 0 aliphatic carbocycles. The van der Waals surface area contributed by atoms with Gasteiger partial charge in [-0.2, -0.15) is 5.26 Å². The predicted molar refractivity (Wildman–Crippen MR) is 114 cm³/mol. The quantitative estimate of drug-likeness (QED) is 0.495. The maximum absolute atomic E-state index is 13.2. The van der Waals surface area contributed by atoms with Gasteiger partial charge in [0.05, 0.1) is 18.2 Å². The van der Waals surface area contributed by atoms with Crippen LogP contribution < -0.4 is 10.9 Å². The molecule has 1 aliphatic heterocycles. The first-order chi connectivity index (χ1) is 14.8. The Morgan fingerprint density at radius 1 is 1.13 bits per heavy atom. The number of carbonyl (C=O) groups is 2. The summed E-state index contributed by atoms with van der Waals surface area (Å²) in [5.74, 6) is -0.458. The fraction of sp³-hybridized carbons (Fsp3) is 0.217. The van der Waals surface area contributed by atoms with Crippen LogP contribution in [0.4, 0.5) is 4.79 Å². The van der Waals surface area contributed by atoms with E-state index in [9.17, 15) is 14.4 Å². The van der Waals surface area contributed by atoms with E-state index in [-0.39, 0.29) is 6.54 Å². The lowest BCUT2D eigenvalue weighted by Crippen LogP contribution is -2.40. The van der Waals surface area contributed by atoms with E-state index in [1.807, 2.05) is 13.0 Å². The van der Waals surface area contributed by atoms with E-state index in [2.05, 4.69) is 5.32 Å². The van der Waals surface area contributed by atoms with E-state index in [1.54, 1.807) is 43.3 Å². The monoisotopic (exact) mass is 435 g/mol. The molecule has 3 amide bonds. The second-order valence-electron chi connectivity index (χ2n) is 7.52. The zero-order chi connectivity index (χ0) is 22.3. The standard InChI is InChI=1S/C23H18ClN3O4/c1-3-14-8-19-17(10-18(14)24)15(9-20(28)31-19)12-27-21(29)23(2,26-22(27)30)16-6-4-13(11-25)5-7-16/h4-10H,3,12H2,1-2H3,(H,26,30)/t23-/m1/s1. The fourth-order valence-electron chi connectivity index (χ4n) is 3.78. The van der Waals surface area contributed by atoms with Crippen LogP contribution in [-0.2, 0) is 23.3 Å². The summed E-state index contributed by atoms with van der Waals surface area (Å²) >= 11 is 6.34. The molecular formula is C23H18ClN3O4. The van der Waals surface area contributed by atoms with Crippen LogP contribution in [-0.4, -0.2) is 16.8 Å². The van der Waals surface area contributed by atoms with Gasteiger partial charge in [0.15, 0.2) is 0 Å². The van der Waals surface area contributed by atoms with E-state index >= 15 is 0 Å². The van der Waals surface area contributed by atoms with Crippen molar-refractivity contribution in [3.05, 3.63) is 80.2 Å². The Morgan fingerprint density at radius 3 is 2.48 bits per heavy atom. The van der Waals surface area contributed by atoms with Gasteiger partial charge in [0.1, 0.15) is 11.1 Å². The number of benzene rings is 2. The van der Waals surface area contributed by atoms with Gasteiger partial charge in [-0.05, 0) is 54.3 Å². The minimum absolute atomic E-state index is 0.111. The minimum atomic E-state index is -1.28. The van der Waals surface area contributed by atoms with Crippen molar-refractivity contribution in [1.29, 1.82) is 5.26 Å². The van der Waals surface area contributed by atoms with Gasteiger partial charge >= 0.3 is 11.7 Å². The van der Waals surface area contributed by atoms with Crippen molar-refractivity contribution in [3.63, 3.8) is 0 Å². The van der Waals surface area contributed by atoms with E-state index in [0.29, 0.717) is 39.1 Å². The molecule has 2 heterocycles. The van der Waals surface area contributed by atoms with Crippen LogP contribution in [0.5, 0.6) is 0 Å². The number of fused-ring (bicyclic) bond motifs is 1. The van der Waals surface area contributed by atoms with Crippen molar-refractivity contribution in [3.8, 4) is 6.07 Å². The van der Waals surface area contributed by atoms with Gasteiger partial charge in [0.2, 0.25) is 0 Å². The Bertz CT molecular complexity index is 1320. The largest absolute Gasteiger partial charge is 0.423 e. The Kier molecular flexibility index (Phi) is 5.03. The molecule has 0 saturated carbocycles. The molecule has 0 spiro atoms. The van der Waals surface area contributed by atoms with Gasteiger partial charge in [0.25, 0.3) is 5.91 Å². The number of aryl methyl sites for hydroxylation is 1. The molecule has 1 N–H and O–H groups in total. The smallest absolute Gasteiger partial charge is 0.336 e. The molecule has 7 nitrogen and oxygen atoms in total. The molecule has 31 heavy (non-hydrogen) atoms. The molecule has 3 aromatic rings. The maximum Gasteiger partial charge on any atom is 0.336 e. The molecule has 0 radical (unpaired) electrons.